The van der Waals surface area contributed by atoms with E-state index < -0.39 is 11.9 Å². The molecule has 0 radical (unpaired) electrons. The van der Waals surface area contributed by atoms with Crippen molar-refractivity contribution < 1.29 is 52.5 Å². The van der Waals surface area contributed by atoms with Crippen LogP contribution in [0.5, 0.6) is 0 Å². The second-order valence-electron chi connectivity index (χ2n) is 19.0. The van der Waals surface area contributed by atoms with Gasteiger partial charge in [0, 0.05) is 51.6 Å². The number of unbranched alkanes of at least 4 members (excludes halogenated alkanes) is 3. The van der Waals surface area contributed by atoms with Crippen LogP contribution in [0.4, 0.5) is 0 Å². The topological polar surface area (TPSA) is 120 Å². The highest BCUT2D eigenvalue weighted by Crippen LogP contribution is 2.54. The maximum Gasteiger partial charge on any atom is 0.172 e. The zero-order valence-electron chi connectivity index (χ0n) is 34.1. The molecule has 1 unspecified atom stereocenters. The summed E-state index contributed by atoms with van der Waals surface area (Å²) in [5.74, 6) is -0.527. The summed E-state index contributed by atoms with van der Waals surface area (Å²) in [4.78, 5) is 14.2. The smallest absolute Gasteiger partial charge is 0.172 e. The number of Topliss-reactive ketones (excluding diaryl/α,β-unsaturated/α-hetero) is 1. The van der Waals surface area contributed by atoms with Crippen molar-refractivity contribution in [3.05, 3.63) is 24.3 Å². The highest BCUT2D eigenvalue weighted by Gasteiger charge is 2.68. The zero-order chi connectivity index (χ0) is 38.7. The molecule has 10 heterocycles. The normalized spacial score (nSPS) is 49.5. The van der Waals surface area contributed by atoms with Crippen LogP contribution in [-0.2, 0) is 47.4 Å². The van der Waals surface area contributed by atoms with Crippen molar-refractivity contribution in [1.82, 2.24) is 0 Å². The maximum atomic E-state index is 14.2. The van der Waals surface area contributed by atoms with Crippen LogP contribution in [0.3, 0.4) is 0 Å². The summed E-state index contributed by atoms with van der Waals surface area (Å²) in [6, 6.07) is 0. The molecule has 0 amide bonds. The molecule has 19 atom stereocenters. The molecule has 0 saturated carbocycles. The number of rotatable bonds is 8. The highest BCUT2D eigenvalue weighted by molar-refractivity contribution is 5.79. The van der Waals surface area contributed by atoms with Crippen molar-refractivity contribution in [2.45, 2.75) is 233 Å². The number of aliphatic hydroxyl groups excluding tert-OH is 1. The van der Waals surface area contributed by atoms with Crippen molar-refractivity contribution in [2.24, 2.45) is 11.8 Å². The number of methoxy groups -OCH3 is 1. The van der Waals surface area contributed by atoms with Gasteiger partial charge in [0.05, 0.1) is 67.1 Å². The monoisotopic (exact) mass is 784 g/mol. The van der Waals surface area contributed by atoms with Crippen LogP contribution in [0.25, 0.3) is 0 Å². The number of hydrogen-bond donors (Lipinski definition) is 1. The third-order valence-electron chi connectivity index (χ3n) is 15.1. The van der Waals surface area contributed by atoms with E-state index in [9.17, 15) is 9.90 Å². The lowest BCUT2D eigenvalue weighted by Crippen LogP contribution is -2.61. The minimum absolute atomic E-state index is 0.00703. The molecule has 10 fully saturated rings. The van der Waals surface area contributed by atoms with Crippen molar-refractivity contribution in [1.29, 1.82) is 0 Å². The minimum atomic E-state index is -0.774. The second-order valence-corrected chi connectivity index (χ2v) is 19.0. The fraction of sp³-hybridized carbons (Fsp3) is 0.889. The van der Waals surface area contributed by atoms with E-state index in [1.54, 1.807) is 7.11 Å². The standard InChI is InChI=1S/C45H68O11/c1-6-7-8-9-10-27(46)21-37-39(48-5)32-20-28(47)19-30-12-14-34-40(51-30)44-43-42(53-34)41-38(54-43)23-45(55-41,56-44)16-15-31-18-25(3)33(49-31)13-11-29-17-24(2)26(4)35(50-29)22-36(32)52-37/h24,27,29-44,46H,3-4,6-23H2,1-2,5H3/t24-,27?,29+,30-,31+,32+,33+,34+,35-,36+,37-,38+,39-,40+,41-,42+,43-,44+,45+/m1/s1. The number of carbonyl (C=O) groups is 1. The number of ketones is 1. The van der Waals surface area contributed by atoms with Gasteiger partial charge < -0.3 is 47.7 Å². The van der Waals surface area contributed by atoms with Crippen molar-refractivity contribution in [3.8, 4) is 0 Å². The van der Waals surface area contributed by atoms with E-state index in [4.69, 9.17) is 42.6 Å². The molecular weight excluding hydrogens is 716 g/mol. The van der Waals surface area contributed by atoms with E-state index in [-0.39, 0.29) is 103 Å². The lowest BCUT2D eigenvalue weighted by Gasteiger charge is -2.47. The molecule has 10 saturated heterocycles. The number of aliphatic hydroxyl groups is 1. The average Bonchev–Trinajstić information content (AvgIpc) is 3.85. The molecule has 1 spiro atoms. The predicted octanol–water partition coefficient (Wildman–Crippen LogP) is 6.45. The van der Waals surface area contributed by atoms with E-state index in [0.29, 0.717) is 44.4 Å². The van der Waals surface area contributed by atoms with Crippen LogP contribution in [-0.4, -0.2) is 121 Å². The molecule has 1 N–H and O–H groups in total. The van der Waals surface area contributed by atoms with Gasteiger partial charge in [0.25, 0.3) is 0 Å². The van der Waals surface area contributed by atoms with Crippen LogP contribution in [0.15, 0.2) is 24.3 Å². The van der Waals surface area contributed by atoms with Gasteiger partial charge in [0.2, 0.25) is 0 Å². The summed E-state index contributed by atoms with van der Waals surface area (Å²) >= 11 is 0. The van der Waals surface area contributed by atoms with Gasteiger partial charge in [-0.3, -0.25) is 4.79 Å². The first kappa shape index (κ1) is 40.2. The number of carbonyl (C=O) groups excluding carboxylic acids is 1. The first-order chi connectivity index (χ1) is 27.1. The summed E-state index contributed by atoms with van der Waals surface area (Å²) in [6.45, 7) is 13.4. The third kappa shape index (κ3) is 7.90. The van der Waals surface area contributed by atoms with Gasteiger partial charge in [0.1, 0.15) is 36.3 Å². The molecule has 0 aliphatic carbocycles. The fourth-order valence-electron chi connectivity index (χ4n) is 12.1. The van der Waals surface area contributed by atoms with E-state index >= 15 is 0 Å². The Morgan fingerprint density at radius 3 is 2.38 bits per heavy atom. The van der Waals surface area contributed by atoms with E-state index in [1.165, 1.54) is 6.42 Å². The molecule has 11 heteroatoms. The van der Waals surface area contributed by atoms with Crippen molar-refractivity contribution in [2.75, 3.05) is 7.11 Å². The molecule has 0 aromatic rings. The van der Waals surface area contributed by atoms with Crippen LogP contribution < -0.4 is 0 Å². The predicted molar refractivity (Wildman–Crippen MR) is 206 cm³/mol. The maximum absolute atomic E-state index is 14.2. The summed E-state index contributed by atoms with van der Waals surface area (Å²) in [5.41, 5.74) is 2.24. The molecule has 56 heavy (non-hydrogen) atoms. The van der Waals surface area contributed by atoms with Crippen molar-refractivity contribution in [3.63, 3.8) is 0 Å². The van der Waals surface area contributed by atoms with Gasteiger partial charge in [-0.1, -0.05) is 52.7 Å². The Morgan fingerprint density at radius 2 is 1.54 bits per heavy atom. The van der Waals surface area contributed by atoms with Gasteiger partial charge in [-0.2, -0.15) is 0 Å². The van der Waals surface area contributed by atoms with Crippen LogP contribution in [0.1, 0.15) is 129 Å². The van der Waals surface area contributed by atoms with Gasteiger partial charge in [-0.15, -0.1) is 0 Å². The Balaban J connectivity index is 0.967. The van der Waals surface area contributed by atoms with Crippen molar-refractivity contribution >= 4 is 5.78 Å². The molecular formula is C45H68O11. The summed E-state index contributed by atoms with van der Waals surface area (Å²) in [5, 5.41) is 11.2. The third-order valence-corrected chi connectivity index (χ3v) is 15.1. The average molecular weight is 785 g/mol. The highest BCUT2D eigenvalue weighted by atomic mass is 16.8. The molecule has 10 aliphatic rings. The summed E-state index contributed by atoms with van der Waals surface area (Å²) in [7, 11) is 1.71. The summed E-state index contributed by atoms with van der Waals surface area (Å²) < 4.78 is 60.6. The lowest BCUT2D eigenvalue weighted by molar-refractivity contribution is -0.292. The van der Waals surface area contributed by atoms with E-state index in [2.05, 4.69) is 27.0 Å². The molecule has 10 aliphatic heterocycles. The van der Waals surface area contributed by atoms with Gasteiger partial charge in [-0.25, -0.2) is 0 Å². The van der Waals surface area contributed by atoms with Gasteiger partial charge in [0.15, 0.2) is 5.79 Å². The van der Waals surface area contributed by atoms with Crippen LogP contribution in [0, 0.1) is 11.8 Å². The SMILES string of the molecule is C=C1C[C@@H]2CC[C@@]34C[C@@H]5O[C@H]6[C@@H](O3)[C@H]3O[C@H](CC[C@@H]3O[C@H]6[C@@H]5O4)CC(=O)C[C@@H]3[C@@H](OC)[C@@H](CC(O)CCCCCC)O[C@H]3C[C@H]3O[C@@H](CC[C@@H]1O2)C[C@@H](C)C3=C. The molecule has 10 rings (SSSR count). The fourth-order valence-corrected chi connectivity index (χ4v) is 12.1. The molecule has 11 nitrogen and oxygen atoms in total. The Bertz CT molecular complexity index is 1440. The Morgan fingerprint density at radius 1 is 0.768 bits per heavy atom. The van der Waals surface area contributed by atoms with Gasteiger partial charge in [-0.05, 0) is 68.4 Å². The molecule has 0 aromatic carbocycles. The number of ether oxygens (including phenoxy) is 9. The molecule has 314 valence electrons. The quantitative estimate of drug-likeness (QED) is 0.216. The zero-order valence-corrected chi connectivity index (χ0v) is 34.1. The summed E-state index contributed by atoms with van der Waals surface area (Å²) in [6.07, 6.45) is 10.9. The molecule has 12 bridgehead atoms. The Kier molecular flexibility index (Phi) is 12.0. The number of fused-ring (bicyclic) bond motifs is 6. The van der Waals surface area contributed by atoms with E-state index in [0.717, 1.165) is 81.8 Å². The Labute approximate surface area is 333 Å². The first-order valence-corrected chi connectivity index (χ1v) is 22.5. The van der Waals surface area contributed by atoms with Crippen LogP contribution >= 0.6 is 0 Å². The lowest BCUT2D eigenvalue weighted by atomic mass is 9.81. The van der Waals surface area contributed by atoms with E-state index in [1.807, 2.05) is 0 Å². The van der Waals surface area contributed by atoms with Gasteiger partial charge >= 0.3 is 0 Å². The largest absolute Gasteiger partial charge is 0.393 e. The first-order valence-electron chi connectivity index (χ1n) is 22.5. The Hall–Kier alpha value is -1.25. The van der Waals surface area contributed by atoms with Crippen LogP contribution in [0.2, 0.25) is 0 Å². The second kappa shape index (κ2) is 16.7. The molecule has 0 aromatic heterocycles. The minimum Gasteiger partial charge on any atom is -0.393 e. The number of hydrogen-bond acceptors (Lipinski definition) is 11.